The number of hydrogen-bond acceptors (Lipinski definition) is 5. The van der Waals surface area contributed by atoms with Gasteiger partial charge in [0.15, 0.2) is 6.10 Å². The van der Waals surface area contributed by atoms with Gasteiger partial charge in [-0.25, -0.2) is 10.6 Å². The minimum absolute atomic E-state index is 0.259. The van der Waals surface area contributed by atoms with E-state index in [0.29, 0.717) is 0 Å². The van der Waals surface area contributed by atoms with Crippen LogP contribution in [0.3, 0.4) is 0 Å². The van der Waals surface area contributed by atoms with Crippen LogP contribution in [0.4, 0.5) is 0 Å². The highest BCUT2D eigenvalue weighted by atomic mass is 16.7. The molecular formula is C4H10N4O3. The van der Waals surface area contributed by atoms with Crippen LogP contribution >= 0.6 is 0 Å². The van der Waals surface area contributed by atoms with E-state index in [1.165, 1.54) is 6.92 Å². The van der Waals surface area contributed by atoms with Crippen molar-refractivity contribution >= 4 is 11.9 Å². The molecule has 0 aromatic heterocycles. The number of hydrazine groups is 1. The molecule has 6 N–H and O–H groups in total. The number of carbonyl (C=O) groups is 1. The molecule has 0 fully saturated rings. The molecule has 0 aromatic carbocycles. The first-order chi connectivity index (χ1) is 4.95. The van der Waals surface area contributed by atoms with Gasteiger partial charge in [0.2, 0.25) is 5.96 Å². The summed E-state index contributed by atoms with van der Waals surface area (Å²) in [5.74, 6) is 3.29. The maximum Gasteiger partial charge on any atom is 0.362 e. The topological polar surface area (TPSA) is 126 Å². The van der Waals surface area contributed by atoms with E-state index in [-0.39, 0.29) is 5.17 Å². The second kappa shape index (κ2) is 3.74. The van der Waals surface area contributed by atoms with Crippen molar-refractivity contribution in [2.75, 3.05) is 0 Å². The Hall–Kier alpha value is -1.34. The normalized spacial score (nSPS) is 11.9. The summed E-state index contributed by atoms with van der Waals surface area (Å²) in [7, 11) is 0. The average molecular weight is 162 g/mol. The number of carbonyl (C=O) groups excluding carboxylic acids is 1. The van der Waals surface area contributed by atoms with Crippen molar-refractivity contribution in [3.05, 3.63) is 0 Å². The molecule has 0 spiro atoms. The van der Waals surface area contributed by atoms with Crippen LogP contribution in [0.2, 0.25) is 0 Å². The van der Waals surface area contributed by atoms with Crippen molar-refractivity contribution in [2.24, 2.45) is 11.6 Å². The minimum atomic E-state index is -1.29. The predicted molar refractivity (Wildman–Crippen MR) is 35.7 cm³/mol. The molecule has 0 radical (unpaired) electrons. The maximum atomic E-state index is 10.5. The fourth-order valence-electron chi connectivity index (χ4n) is 0.222. The second-order valence-electron chi connectivity index (χ2n) is 1.80. The minimum Gasteiger partial charge on any atom is -0.382 e. The van der Waals surface area contributed by atoms with Crippen LogP contribution in [-0.2, 0) is 9.63 Å². The third kappa shape index (κ3) is 3.38. The molecule has 0 heterocycles. The van der Waals surface area contributed by atoms with Crippen LogP contribution in [0.5, 0.6) is 0 Å². The van der Waals surface area contributed by atoms with E-state index in [4.69, 9.17) is 22.1 Å². The number of hydroxylamine groups is 1. The molecule has 0 bridgehead atoms. The van der Waals surface area contributed by atoms with E-state index in [1.54, 1.807) is 0 Å². The molecule has 0 aliphatic rings. The molecule has 1 atom stereocenters. The highest BCUT2D eigenvalue weighted by molar-refractivity contribution is 5.78. The summed E-state index contributed by atoms with van der Waals surface area (Å²) in [6.45, 7) is 1.20. The third-order valence-corrected chi connectivity index (χ3v) is 0.767. The fraction of sp³-hybridized carbons (Fsp3) is 0.500. The summed E-state index contributed by atoms with van der Waals surface area (Å²) in [5, 5.41) is 15.5. The Kier molecular flexibility index (Phi) is 3.28. The van der Waals surface area contributed by atoms with E-state index >= 15 is 0 Å². The first-order valence-corrected chi connectivity index (χ1v) is 2.74. The first kappa shape index (κ1) is 9.66. The van der Waals surface area contributed by atoms with Crippen LogP contribution in [-0.4, -0.2) is 28.3 Å². The zero-order chi connectivity index (χ0) is 9.02. The third-order valence-electron chi connectivity index (χ3n) is 0.767. The van der Waals surface area contributed by atoms with Crippen LogP contribution in [0, 0.1) is 5.41 Å². The Morgan fingerprint density at radius 2 is 2.27 bits per heavy atom. The Morgan fingerprint density at radius 3 is 2.55 bits per heavy atom. The lowest BCUT2D eigenvalue weighted by atomic mass is 10.4. The monoisotopic (exact) mass is 162 g/mol. The summed E-state index contributed by atoms with van der Waals surface area (Å²) < 4.78 is 0. The van der Waals surface area contributed by atoms with Crippen molar-refractivity contribution in [1.29, 1.82) is 5.41 Å². The summed E-state index contributed by atoms with van der Waals surface area (Å²) in [5.41, 5.74) is 4.81. The Morgan fingerprint density at radius 1 is 1.82 bits per heavy atom. The molecule has 11 heavy (non-hydrogen) atoms. The molecule has 7 nitrogen and oxygen atoms in total. The molecule has 0 saturated carbocycles. The van der Waals surface area contributed by atoms with E-state index in [0.717, 1.165) is 0 Å². The number of aliphatic hydroxyl groups is 1. The van der Waals surface area contributed by atoms with E-state index in [2.05, 4.69) is 4.84 Å². The molecule has 0 saturated heterocycles. The molecule has 7 heteroatoms. The zero-order valence-corrected chi connectivity index (χ0v) is 5.94. The lowest BCUT2D eigenvalue weighted by Gasteiger charge is -2.14. The van der Waals surface area contributed by atoms with Gasteiger partial charge in [0.25, 0.3) is 0 Å². The molecule has 0 aliphatic carbocycles. The zero-order valence-electron chi connectivity index (χ0n) is 5.94. The van der Waals surface area contributed by atoms with Gasteiger partial charge in [0.1, 0.15) is 0 Å². The molecule has 0 aromatic rings. The standard InChI is InChI=1S/C4H10N4O3/c1-2(9)3(10)11-8(7)4(5)6/h2,9H,7H2,1H3,(H3,5,6). The summed E-state index contributed by atoms with van der Waals surface area (Å²) in [6.07, 6.45) is -1.29. The van der Waals surface area contributed by atoms with Crippen LogP contribution < -0.4 is 11.6 Å². The highest BCUT2D eigenvalue weighted by Gasteiger charge is 2.14. The van der Waals surface area contributed by atoms with Gasteiger partial charge >= 0.3 is 5.97 Å². The first-order valence-electron chi connectivity index (χ1n) is 2.74. The van der Waals surface area contributed by atoms with Gasteiger partial charge in [-0.2, -0.15) is 0 Å². The summed E-state index contributed by atoms with van der Waals surface area (Å²) in [4.78, 5) is 14.7. The second-order valence-corrected chi connectivity index (χ2v) is 1.80. The van der Waals surface area contributed by atoms with Crippen molar-refractivity contribution in [1.82, 2.24) is 5.17 Å². The smallest absolute Gasteiger partial charge is 0.362 e. The van der Waals surface area contributed by atoms with Gasteiger partial charge in [-0.3, -0.25) is 5.41 Å². The number of guanidine groups is 1. The van der Waals surface area contributed by atoms with Crippen LogP contribution in [0.1, 0.15) is 6.92 Å². The lowest BCUT2D eigenvalue weighted by Crippen LogP contribution is -2.45. The SMILES string of the molecule is CC(O)C(=O)ON(N)C(=N)N. The Balaban J connectivity index is 3.85. The van der Waals surface area contributed by atoms with Crippen molar-refractivity contribution < 1.29 is 14.7 Å². The number of nitrogens with zero attached hydrogens (tertiary/aromatic N) is 1. The number of rotatable bonds is 1. The molecular weight excluding hydrogens is 152 g/mol. The predicted octanol–water partition coefficient (Wildman–Crippen LogP) is -2.11. The Labute approximate surface area is 63.0 Å². The molecule has 0 rings (SSSR count). The van der Waals surface area contributed by atoms with Crippen LogP contribution in [0.15, 0.2) is 0 Å². The molecule has 64 valence electrons. The Bertz CT molecular complexity index is 169. The average Bonchev–Trinajstić information content (AvgIpc) is 1.87. The lowest BCUT2D eigenvalue weighted by molar-refractivity contribution is -0.183. The van der Waals surface area contributed by atoms with Gasteiger partial charge in [0.05, 0.1) is 0 Å². The van der Waals surface area contributed by atoms with E-state index in [9.17, 15) is 4.79 Å². The van der Waals surface area contributed by atoms with Gasteiger partial charge < -0.3 is 15.7 Å². The highest BCUT2D eigenvalue weighted by Crippen LogP contribution is 1.87. The molecule has 0 aliphatic heterocycles. The maximum absolute atomic E-state index is 10.5. The van der Waals surface area contributed by atoms with Gasteiger partial charge in [-0.15, -0.1) is 5.17 Å². The van der Waals surface area contributed by atoms with E-state index in [1.807, 2.05) is 0 Å². The van der Waals surface area contributed by atoms with E-state index < -0.39 is 18.0 Å². The molecule has 1 unspecified atom stereocenters. The summed E-state index contributed by atoms with van der Waals surface area (Å²) in [6, 6.07) is 0. The quantitative estimate of drug-likeness (QED) is 0.151. The largest absolute Gasteiger partial charge is 0.382 e. The van der Waals surface area contributed by atoms with Crippen LogP contribution in [0.25, 0.3) is 0 Å². The molecule has 0 amide bonds. The number of nitrogens with one attached hydrogen (secondary N) is 1. The fourth-order valence-corrected chi connectivity index (χ4v) is 0.222. The van der Waals surface area contributed by atoms with Crippen molar-refractivity contribution in [2.45, 2.75) is 13.0 Å². The number of hydrogen-bond donors (Lipinski definition) is 4. The van der Waals surface area contributed by atoms with Gasteiger partial charge in [-0.1, -0.05) is 0 Å². The van der Waals surface area contributed by atoms with Crippen molar-refractivity contribution in [3.63, 3.8) is 0 Å². The van der Waals surface area contributed by atoms with Gasteiger partial charge in [0, 0.05) is 0 Å². The number of nitrogens with two attached hydrogens (primary N) is 2. The van der Waals surface area contributed by atoms with Crippen molar-refractivity contribution in [3.8, 4) is 0 Å². The number of aliphatic hydroxyl groups excluding tert-OH is 1. The van der Waals surface area contributed by atoms with Gasteiger partial charge in [-0.05, 0) is 6.92 Å². The summed E-state index contributed by atoms with van der Waals surface area (Å²) >= 11 is 0.